The van der Waals surface area contributed by atoms with Gasteiger partial charge in [-0.3, -0.25) is 14.5 Å². The van der Waals surface area contributed by atoms with Gasteiger partial charge in [0.05, 0.1) is 20.8 Å². The standard InChI is InChI=1S/C25H33FN2O4.C22H29FN2O2.C3H5BrO2/c1-18(20-9-7-6-8-10-20)28(17-23(29)31-5)16-22(27-24(30)32-25(2,3)4)15-19-11-13-21(26)14-12-19;1-16(18-8-6-5-7-9-18)24-15-20(25-21(26)27-22(2,3)4)14-17-10-12-19(23)13-11-17;1-6-3(5)2-4/h6-14,18,22H,15-17H2,1-5H3,(H,27,30);5-13,16,20,24H,14-15H2,1-4H3,(H,25,26);2H2,1H3/t18-,22+;16-,20+;/m11./s1. The van der Waals surface area contributed by atoms with E-state index in [1.54, 1.807) is 45.0 Å². The summed E-state index contributed by atoms with van der Waals surface area (Å²) in [7, 11) is 2.70. The highest BCUT2D eigenvalue weighted by Gasteiger charge is 2.26. The number of alkyl halides is 1. The van der Waals surface area contributed by atoms with Gasteiger partial charge in [0.15, 0.2) is 0 Å². The molecule has 356 valence electrons. The lowest BCUT2D eigenvalue weighted by Crippen LogP contribution is -2.48. The van der Waals surface area contributed by atoms with Gasteiger partial charge >= 0.3 is 24.1 Å². The van der Waals surface area contributed by atoms with Crippen molar-refractivity contribution in [2.45, 2.75) is 104 Å². The number of carbonyl (C=O) groups is 4. The number of ether oxygens (including phenoxy) is 4. The zero-order valence-corrected chi connectivity index (χ0v) is 40.9. The van der Waals surface area contributed by atoms with Crippen molar-refractivity contribution in [3.05, 3.63) is 143 Å². The maximum Gasteiger partial charge on any atom is 0.407 e. The van der Waals surface area contributed by atoms with Crippen LogP contribution in [0.4, 0.5) is 18.4 Å². The van der Waals surface area contributed by atoms with E-state index in [1.807, 2.05) is 81.1 Å². The van der Waals surface area contributed by atoms with Crippen LogP contribution in [0.15, 0.2) is 109 Å². The summed E-state index contributed by atoms with van der Waals surface area (Å²) >= 11 is 2.90. The Balaban J connectivity index is 0.000000401. The Morgan fingerprint density at radius 3 is 1.43 bits per heavy atom. The summed E-state index contributed by atoms with van der Waals surface area (Å²) in [6, 6.07) is 31.9. The van der Waals surface area contributed by atoms with Gasteiger partial charge in [0, 0.05) is 37.3 Å². The molecule has 0 aromatic heterocycles. The predicted octanol–water partition coefficient (Wildman–Crippen LogP) is 9.66. The molecule has 0 saturated heterocycles. The second kappa shape index (κ2) is 28.5. The van der Waals surface area contributed by atoms with Crippen molar-refractivity contribution in [2.24, 2.45) is 0 Å². The smallest absolute Gasteiger partial charge is 0.407 e. The summed E-state index contributed by atoms with van der Waals surface area (Å²) in [6.45, 7) is 15.9. The predicted molar refractivity (Wildman–Crippen MR) is 254 cm³/mol. The monoisotopic (exact) mass is 968 g/mol. The van der Waals surface area contributed by atoms with Crippen molar-refractivity contribution in [3.63, 3.8) is 0 Å². The van der Waals surface area contributed by atoms with Crippen LogP contribution in [0.1, 0.15) is 89.7 Å². The molecule has 4 atom stereocenters. The molecule has 0 spiro atoms. The molecule has 0 aliphatic carbocycles. The summed E-state index contributed by atoms with van der Waals surface area (Å²) in [5, 5.41) is 9.58. The quantitative estimate of drug-likeness (QED) is 0.0532. The Morgan fingerprint density at radius 2 is 1.03 bits per heavy atom. The van der Waals surface area contributed by atoms with E-state index in [0.29, 0.717) is 25.9 Å². The first-order chi connectivity index (χ1) is 30.6. The minimum Gasteiger partial charge on any atom is -0.468 e. The van der Waals surface area contributed by atoms with Crippen LogP contribution in [0.2, 0.25) is 0 Å². The van der Waals surface area contributed by atoms with Crippen molar-refractivity contribution in [3.8, 4) is 0 Å². The van der Waals surface area contributed by atoms with Crippen LogP contribution in [-0.2, 0) is 41.4 Å². The molecule has 0 heterocycles. The molecular weight excluding hydrogens is 902 g/mol. The highest BCUT2D eigenvalue weighted by Crippen LogP contribution is 2.22. The molecule has 0 fully saturated rings. The molecule has 3 N–H and O–H groups in total. The summed E-state index contributed by atoms with van der Waals surface area (Å²) in [5.41, 5.74) is 2.82. The number of nitrogens with one attached hydrogen (secondary N) is 3. The van der Waals surface area contributed by atoms with E-state index in [-0.39, 0.29) is 59.6 Å². The van der Waals surface area contributed by atoms with Crippen LogP contribution in [0.3, 0.4) is 0 Å². The van der Waals surface area contributed by atoms with Gasteiger partial charge in [-0.2, -0.15) is 0 Å². The zero-order chi connectivity index (χ0) is 48.6. The van der Waals surface area contributed by atoms with Crippen molar-refractivity contribution in [1.29, 1.82) is 0 Å². The van der Waals surface area contributed by atoms with Crippen molar-refractivity contribution in [2.75, 3.05) is 39.2 Å². The Morgan fingerprint density at radius 1 is 0.615 bits per heavy atom. The largest absolute Gasteiger partial charge is 0.468 e. The highest BCUT2D eigenvalue weighted by molar-refractivity contribution is 9.09. The number of halogens is 3. The Kier molecular flexibility index (Phi) is 24.5. The lowest BCUT2D eigenvalue weighted by Gasteiger charge is -2.33. The fourth-order valence-corrected chi connectivity index (χ4v) is 6.37. The van der Waals surface area contributed by atoms with Crippen LogP contribution in [-0.4, -0.2) is 91.5 Å². The van der Waals surface area contributed by atoms with Crippen LogP contribution < -0.4 is 16.0 Å². The Bertz CT molecular complexity index is 1990. The van der Waals surface area contributed by atoms with Gasteiger partial charge in [-0.1, -0.05) is 101 Å². The van der Waals surface area contributed by atoms with Crippen LogP contribution in [0, 0.1) is 11.6 Å². The molecule has 2 amide bonds. The van der Waals surface area contributed by atoms with E-state index in [2.05, 4.69) is 55.7 Å². The first-order valence-electron chi connectivity index (χ1n) is 21.4. The number of rotatable bonds is 17. The van der Waals surface area contributed by atoms with Crippen LogP contribution in [0.5, 0.6) is 0 Å². The summed E-state index contributed by atoms with van der Waals surface area (Å²) in [5.74, 6) is -1.21. The van der Waals surface area contributed by atoms with Crippen LogP contribution in [0.25, 0.3) is 0 Å². The molecule has 15 heteroatoms. The van der Waals surface area contributed by atoms with Gasteiger partial charge in [-0.05, 0) is 115 Å². The third-order valence-corrected chi connectivity index (χ3v) is 9.84. The molecule has 12 nitrogen and oxygen atoms in total. The molecule has 4 aromatic rings. The average Bonchev–Trinajstić information content (AvgIpc) is 3.25. The van der Waals surface area contributed by atoms with Gasteiger partial charge < -0.3 is 34.9 Å². The summed E-state index contributed by atoms with van der Waals surface area (Å²) in [6.07, 6.45) is 0.0194. The van der Waals surface area contributed by atoms with Gasteiger partial charge in [-0.15, -0.1) is 0 Å². The number of alkyl carbamates (subject to hydrolysis) is 2. The van der Waals surface area contributed by atoms with E-state index in [0.717, 1.165) is 16.7 Å². The molecule has 65 heavy (non-hydrogen) atoms. The van der Waals surface area contributed by atoms with Crippen molar-refractivity contribution < 1.29 is 46.9 Å². The van der Waals surface area contributed by atoms with Gasteiger partial charge in [0.2, 0.25) is 0 Å². The second-order valence-electron chi connectivity index (χ2n) is 17.2. The lowest BCUT2D eigenvalue weighted by atomic mass is 10.0. The van der Waals surface area contributed by atoms with Crippen molar-refractivity contribution in [1.82, 2.24) is 20.9 Å². The molecular formula is C50H67BrF2N4O8. The normalized spacial score (nSPS) is 13.0. The zero-order valence-electron chi connectivity index (χ0n) is 39.3. The van der Waals surface area contributed by atoms with Gasteiger partial charge in [0.25, 0.3) is 0 Å². The molecule has 0 bridgehead atoms. The molecule has 0 aliphatic heterocycles. The third kappa shape index (κ3) is 24.5. The first-order valence-corrected chi connectivity index (χ1v) is 22.5. The highest BCUT2D eigenvalue weighted by atomic mass is 79.9. The average molecular weight is 970 g/mol. The van der Waals surface area contributed by atoms with Crippen molar-refractivity contribution >= 4 is 40.1 Å². The van der Waals surface area contributed by atoms with E-state index in [4.69, 9.17) is 14.2 Å². The topological polar surface area (TPSA) is 145 Å². The molecule has 0 unspecified atom stereocenters. The van der Waals surface area contributed by atoms with E-state index >= 15 is 0 Å². The molecule has 0 aliphatic rings. The summed E-state index contributed by atoms with van der Waals surface area (Å²) in [4.78, 5) is 48.7. The van der Waals surface area contributed by atoms with E-state index in [1.165, 1.54) is 44.0 Å². The molecule has 4 aromatic carbocycles. The SMILES string of the molecule is COC(=O)CBr.COC(=O)CN(C[C@H](Cc1ccc(F)cc1)NC(=O)OC(C)(C)C)[C@H](C)c1ccccc1.C[C@@H](NC[C@H](Cc1ccc(F)cc1)NC(=O)OC(C)(C)C)c1ccccc1. The van der Waals surface area contributed by atoms with Gasteiger partial charge in [-0.25, -0.2) is 18.4 Å². The van der Waals surface area contributed by atoms with Gasteiger partial charge in [0.1, 0.15) is 28.2 Å². The number of amides is 2. The van der Waals surface area contributed by atoms with E-state index < -0.39 is 23.4 Å². The number of hydrogen-bond donors (Lipinski definition) is 3. The van der Waals surface area contributed by atoms with E-state index in [9.17, 15) is 28.0 Å². The third-order valence-electron chi connectivity index (χ3n) is 9.38. The Labute approximate surface area is 392 Å². The number of methoxy groups -OCH3 is 2. The maximum absolute atomic E-state index is 13.4. The fraction of sp³-hybridized carbons (Fsp3) is 0.440. The number of carbonyl (C=O) groups excluding carboxylic acids is 4. The minimum atomic E-state index is -0.645. The minimum absolute atomic E-state index is 0.0580. The number of hydrogen-bond acceptors (Lipinski definition) is 10. The van der Waals surface area contributed by atoms with Crippen LogP contribution >= 0.6 is 15.9 Å². The lowest BCUT2D eigenvalue weighted by molar-refractivity contribution is -0.142. The second-order valence-corrected chi connectivity index (χ2v) is 17.8. The molecule has 0 saturated carbocycles. The number of benzene rings is 4. The molecule has 4 rings (SSSR count). The summed E-state index contributed by atoms with van der Waals surface area (Å²) < 4.78 is 46.4. The number of nitrogens with zero attached hydrogens (tertiary/aromatic N) is 1. The first kappa shape index (κ1) is 55.8. The number of esters is 2. The molecule has 0 radical (unpaired) electrons. The maximum atomic E-state index is 13.4. The fourth-order valence-electron chi connectivity index (χ4n) is 6.14. The Hall–Kier alpha value is -5.38.